The molecular weight excluding hydrogens is 295 g/mol. The largest absolute Gasteiger partial charge is 0.392 e. The van der Waals surface area contributed by atoms with Gasteiger partial charge >= 0.3 is 0 Å². The van der Waals surface area contributed by atoms with Crippen LogP contribution in [-0.4, -0.2) is 11.0 Å². The van der Waals surface area contributed by atoms with Gasteiger partial charge in [0.1, 0.15) is 5.82 Å². The Bertz CT molecular complexity index is 717. The molecule has 0 aliphatic rings. The lowest BCUT2D eigenvalue weighted by Gasteiger charge is -2.10. The van der Waals surface area contributed by atoms with E-state index >= 15 is 0 Å². The minimum absolute atomic E-state index is 0.180. The van der Waals surface area contributed by atoms with Crippen LogP contribution < -0.4 is 5.32 Å². The Hall–Kier alpha value is -2.34. The van der Waals surface area contributed by atoms with Gasteiger partial charge in [-0.3, -0.25) is 4.79 Å². The summed E-state index contributed by atoms with van der Waals surface area (Å²) in [6, 6.07) is 6.10. The Morgan fingerprint density at radius 2 is 1.77 bits per heavy atom. The fourth-order valence-electron chi connectivity index (χ4n) is 1.97. The van der Waals surface area contributed by atoms with Gasteiger partial charge in [-0.25, -0.2) is 13.2 Å². The number of rotatable bonds is 4. The summed E-state index contributed by atoms with van der Waals surface area (Å²) in [4.78, 5) is 11.9. The normalized spacial score (nSPS) is 10.6. The molecule has 0 heterocycles. The summed E-state index contributed by atoms with van der Waals surface area (Å²) in [5.74, 6) is -4.05. The Kier molecular flexibility index (Phi) is 4.82. The maximum atomic E-state index is 13.5. The molecule has 2 rings (SSSR count). The average molecular weight is 309 g/mol. The third-order valence-corrected chi connectivity index (χ3v) is 3.20. The van der Waals surface area contributed by atoms with Gasteiger partial charge in [-0.05, 0) is 30.2 Å². The Balaban J connectivity index is 2.15. The first-order valence-corrected chi connectivity index (χ1v) is 6.54. The summed E-state index contributed by atoms with van der Waals surface area (Å²) in [7, 11) is 0. The van der Waals surface area contributed by atoms with E-state index in [0.717, 1.165) is 5.56 Å². The van der Waals surface area contributed by atoms with Crippen molar-refractivity contribution in [2.75, 3.05) is 5.32 Å². The lowest BCUT2D eigenvalue weighted by Crippen LogP contribution is -2.16. The molecular formula is C16H14F3NO2. The number of aliphatic hydroxyl groups is 1. The number of carbonyl (C=O) groups excluding carboxylic acids is 1. The second-order valence-electron chi connectivity index (χ2n) is 4.89. The lowest BCUT2D eigenvalue weighted by molar-refractivity contribution is -0.115. The van der Waals surface area contributed by atoms with Crippen LogP contribution in [0.3, 0.4) is 0 Å². The van der Waals surface area contributed by atoms with Crippen molar-refractivity contribution < 1.29 is 23.1 Å². The number of hydrogen-bond donors (Lipinski definition) is 2. The molecule has 0 radical (unpaired) electrons. The van der Waals surface area contributed by atoms with Gasteiger partial charge < -0.3 is 10.4 Å². The Morgan fingerprint density at radius 3 is 2.45 bits per heavy atom. The zero-order valence-electron chi connectivity index (χ0n) is 11.8. The van der Waals surface area contributed by atoms with Crippen molar-refractivity contribution in [3.63, 3.8) is 0 Å². The van der Waals surface area contributed by atoms with E-state index in [1.165, 1.54) is 0 Å². The molecule has 6 heteroatoms. The number of halogens is 3. The lowest BCUT2D eigenvalue weighted by atomic mass is 10.1. The molecule has 2 aromatic rings. The highest BCUT2D eigenvalue weighted by Gasteiger charge is 2.14. The predicted octanol–water partition coefficient (Wildman–Crippen LogP) is 3.09. The average Bonchev–Trinajstić information content (AvgIpc) is 2.47. The Labute approximate surface area is 125 Å². The van der Waals surface area contributed by atoms with E-state index in [4.69, 9.17) is 5.11 Å². The highest BCUT2D eigenvalue weighted by atomic mass is 19.2. The van der Waals surface area contributed by atoms with Crippen LogP contribution in [0, 0.1) is 24.4 Å². The maximum absolute atomic E-state index is 13.5. The van der Waals surface area contributed by atoms with Crippen LogP contribution in [0.15, 0.2) is 30.3 Å². The molecule has 3 nitrogen and oxygen atoms in total. The topological polar surface area (TPSA) is 49.3 Å². The number of amides is 1. The van der Waals surface area contributed by atoms with E-state index in [1.807, 2.05) is 0 Å². The number of nitrogens with one attached hydrogen (secondary N) is 1. The molecule has 0 bridgehead atoms. The van der Waals surface area contributed by atoms with Crippen molar-refractivity contribution in [2.24, 2.45) is 0 Å². The molecule has 0 aromatic heterocycles. The SMILES string of the molecule is Cc1ccc(CO)cc1NC(=O)Cc1cc(F)c(F)cc1F. The van der Waals surface area contributed by atoms with Crippen LogP contribution in [-0.2, 0) is 17.8 Å². The van der Waals surface area contributed by atoms with E-state index in [-0.39, 0.29) is 12.2 Å². The molecule has 0 spiro atoms. The summed E-state index contributed by atoms with van der Waals surface area (Å²) in [6.45, 7) is 1.58. The number of carbonyl (C=O) groups is 1. The van der Waals surface area contributed by atoms with Crippen molar-refractivity contribution in [2.45, 2.75) is 20.0 Å². The van der Waals surface area contributed by atoms with Gasteiger partial charge in [0.05, 0.1) is 13.0 Å². The van der Waals surface area contributed by atoms with Crippen molar-refractivity contribution >= 4 is 11.6 Å². The summed E-state index contributed by atoms with van der Waals surface area (Å²) >= 11 is 0. The smallest absolute Gasteiger partial charge is 0.228 e. The van der Waals surface area contributed by atoms with E-state index in [9.17, 15) is 18.0 Å². The van der Waals surface area contributed by atoms with Gasteiger partial charge in [-0.1, -0.05) is 12.1 Å². The van der Waals surface area contributed by atoms with Crippen molar-refractivity contribution in [3.05, 3.63) is 64.5 Å². The number of anilines is 1. The minimum atomic E-state index is -1.30. The van der Waals surface area contributed by atoms with Crippen molar-refractivity contribution in [1.29, 1.82) is 0 Å². The summed E-state index contributed by atoms with van der Waals surface area (Å²) in [6.07, 6.45) is -0.425. The molecule has 0 aliphatic heterocycles. The monoisotopic (exact) mass is 309 g/mol. The van der Waals surface area contributed by atoms with E-state index in [1.54, 1.807) is 25.1 Å². The van der Waals surface area contributed by atoms with E-state index in [0.29, 0.717) is 23.4 Å². The first kappa shape index (κ1) is 16.0. The zero-order valence-corrected chi connectivity index (χ0v) is 11.8. The zero-order chi connectivity index (χ0) is 16.3. The minimum Gasteiger partial charge on any atom is -0.392 e. The second kappa shape index (κ2) is 6.62. The maximum Gasteiger partial charge on any atom is 0.228 e. The van der Waals surface area contributed by atoms with Gasteiger partial charge in [0, 0.05) is 17.3 Å². The van der Waals surface area contributed by atoms with E-state index < -0.39 is 29.8 Å². The highest BCUT2D eigenvalue weighted by Crippen LogP contribution is 2.19. The standard InChI is InChI=1S/C16H14F3NO2/c1-9-2-3-10(8-21)4-15(9)20-16(22)6-11-5-13(18)14(19)7-12(11)17/h2-5,7,21H,6,8H2,1H3,(H,20,22). The summed E-state index contributed by atoms with van der Waals surface area (Å²) < 4.78 is 39.4. The number of benzene rings is 2. The number of aryl methyl sites for hydroxylation is 1. The first-order chi connectivity index (χ1) is 10.4. The quantitative estimate of drug-likeness (QED) is 0.853. The molecule has 0 fully saturated rings. The van der Waals surface area contributed by atoms with Gasteiger partial charge in [0.25, 0.3) is 0 Å². The van der Waals surface area contributed by atoms with Crippen LogP contribution in [0.1, 0.15) is 16.7 Å². The molecule has 0 saturated carbocycles. The molecule has 2 aromatic carbocycles. The summed E-state index contributed by atoms with van der Waals surface area (Å²) in [5.41, 5.74) is 1.61. The van der Waals surface area contributed by atoms with Crippen LogP contribution in [0.25, 0.3) is 0 Å². The van der Waals surface area contributed by atoms with E-state index in [2.05, 4.69) is 5.32 Å². The highest BCUT2D eigenvalue weighted by molar-refractivity contribution is 5.93. The van der Waals surface area contributed by atoms with Gasteiger partial charge in [-0.2, -0.15) is 0 Å². The molecule has 1 amide bonds. The van der Waals surface area contributed by atoms with Crippen molar-refractivity contribution in [1.82, 2.24) is 0 Å². The third-order valence-electron chi connectivity index (χ3n) is 3.20. The first-order valence-electron chi connectivity index (χ1n) is 6.54. The molecule has 0 saturated heterocycles. The molecule has 2 N–H and O–H groups in total. The second-order valence-corrected chi connectivity index (χ2v) is 4.89. The van der Waals surface area contributed by atoms with Gasteiger partial charge in [0.2, 0.25) is 5.91 Å². The predicted molar refractivity (Wildman–Crippen MR) is 75.8 cm³/mol. The van der Waals surface area contributed by atoms with Crippen LogP contribution >= 0.6 is 0 Å². The number of aliphatic hydroxyl groups excluding tert-OH is 1. The Morgan fingerprint density at radius 1 is 1.09 bits per heavy atom. The molecule has 22 heavy (non-hydrogen) atoms. The van der Waals surface area contributed by atoms with Crippen LogP contribution in [0.2, 0.25) is 0 Å². The van der Waals surface area contributed by atoms with Gasteiger partial charge in [-0.15, -0.1) is 0 Å². The molecule has 116 valence electrons. The van der Waals surface area contributed by atoms with Crippen LogP contribution in [0.4, 0.5) is 18.9 Å². The number of hydrogen-bond acceptors (Lipinski definition) is 2. The van der Waals surface area contributed by atoms with Crippen molar-refractivity contribution in [3.8, 4) is 0 Å². The fraction of sp³-hybridized carbons (Fsp3) is 0.188. The molecule has 0 aliphatic carbocycles. The molecule has 0 atom stereocenters. The summed E-state index contributed by atoms with van der Waals surface area (Å²) in [5, 5.41) is 11.6. The third kappa shape index (κ3) is 3.65. The van der Waals surface area contributed by atoms with Crippen LogP contribution in [0.5, 0.6) is 0 Å². The molecule has 0 unspecified atom stereocenters. The fourth-order valence-corrected chi connectivity index (χ4v) is 1.97. The van der Waals surface area contributed by atoms with Gasteiger partial charge in [0.15, 0.2) is 11.6 Å².